The average molecular weight is 430 g/mol. The zero-order chi connectivity index (χ0) is 18.9. The van der Waals surface area contributed by atoms with E-state index in [1.54, 1.807) is 0 Å². The first-order chi connectivity index (χ1) is 13.8. The molecule has 2 aromatic heterocycles. The third-order valence-electron chi connectivity index (χ3n) is 5.71. The summed E-state index contributed by atoms with van der Waals surface area (Å²) in [6.07, 6.45) is 6.94. The van der Waals surface area contributed by atoms with Gasteiger partial charge in [0, 0.05) is 17.2 Å². The van der Waals surface area contributed by atoms with Crippen molar-refractivity contribution >= 4 is 35.5 Å². The van der Waals surface area contributed by atoms with Gasteiger partial charge < -0.3 is 10.6 Å². The Bertz CT molecular complexity index is 950. The van der Waals surface area contributed by atoms with E-state index in [-0.39, 0.29) is 18.4 Å². The van der Waals surface area contributed by atoms with Gasteiger partial charge in [0.05, 0.1) is 17.6 Å². The SMILES string of the molecule is C[C@H](Nc1cc(SC2CCNCC2)nn2c(C3CC3)cnc12)c1ccccc1.Cl. The van der Waals surface area contributed by atoms with Crippen LogP contribution in [0.2, 0.25) is 0 Å². The van der Waals surface area contributed by atoms with Crippen LogP contribution in [0, 0.1) is 0 Å². The van der Waals surface area contributed by atoms with Crippen LogP contribution in [0.3, 0.4) is 0 Å². The van der Waals surface area contributed by atoms with Crippen LogP contribution in [0.5, 0.6) is 0 Å². The van der Waals surface area contributed by atoms with Crippen molar-refractivity contribution in [2.45, 2.75) is 54.8 Å². The molecule has 0 amide bonds. The van der Waals surface area contributed by atoms with E-state index < -0.39 is 0 Å². The van der Waals surface area contributed by atoms with Crippen molar-refractivity contribution in [2.75, 3.05) is 18.4 Å². The monoisotopic (exact) mass is 429 g/mol. The second-order valence-corrected chi connectivity index (χ2v) is 9.25. The van der Waals surface area contributed by atoms with Gasteiger partial charge in [-0.1, -0.05) is 30.3 Å². The summed E-state index contributed by atoms with van der Waals surface area (Å²) in [4.78, 5) is 4.73. The molecule has 1 atom stereocenters. The van der Waals surface area contributed by atoms with Gasteiger partial charge in [-0.3, -0.25) is 0 Å². The van der Waals surface area contributed by atoms with Crippen molar-refractivity contribution in [2.24, 2.45) is 0 Å². The molecule has 2 fully saturated rings. The number of piperidine rings is 1. The molecular weight excluding hydrogens is 402 g/mol. The fourth-order valence-electron chi connectivity index (χ4n) is 3.93. The lowest BCUT2D eigenvalue weighted by atomic mass is 10.1. The van der Waals surface area contributed by atoms with E-state index in [0.717, 1.165) is 29.5 Å². The third kappa shape index (κ3) is 4.55. The summed E-state index contributed by atoms with van der Waals surface area (Å²) in [7, 11) is 0. The Morgan fingerprint density at radius 3 is 2.62 bits per heavy atom. The van der Waals surface area contributed by atoms with E-state index in [2.05, 4.69) is 58.5 Å². The van der Waals surface area contributed by atoms with Gasteiger partial charge in [-0.15, -0.1) is 24.2 Å². The van der Waals surface area contributed by atoms with E-state index in [1.807, 2.05) is 18.0 Å². The maximum Gasteiger partial charge on any atom is 0.177 e. The normalized spacial score (nSPS) is 18.4. The molecule has 1 saturated heterocycles. The Kier molecular flexibility index (Phi) is 6.32. The zero-order valence-electron chi connectivity index (χ0n) is 16.7. The number of rotatable bonds is 6. The molecule has 0 unspecified atom stereocenters. The minimum absolute atomic E-state index is 0. The summed E-state index contributed by atoms with van der Waals surface area (Å²) >= 11 is 1.92. The molecular formula is C22H28ClN5S. The number of nitrogens with zero attached hydrogens (tertiary/aromatic N) is 3. The lowest BCUT2D eigenvalue weighted by Crippen LogP contribution is -2.29. The number of hydrogen-bond acceptors (Lipinski definition) is 5. The van der Waals surface area contributed by atoms with E-state index in [0.29, 0.717) is 11.2 Å². The molecule has 2 aliphatic rings. The lowest BCUT2D eigenvalue weighted by Gasteiger charge is -2.22. The molecule has 3 heterocycles. The van der Waals surface area contributed by atoms with Crippen molar-refractivity contribution in [1.29, 1.82) is 0 Å². The van der Waals surface area contributed by atoms with Crippen molar-refractivity contribution in [1.82, 2.24) is 19.9 Å². The molecule has 1 aliphatic carbocycles. The molecule has 0 bridgehead atoms. The van der Waals surface area contributed by atoms with Crippen molar-refractivity contribution in [3.05, 3.63) is 53.9 Å². The second kappa shape index (κ2) is 8.94. The summed E-state index contributed by atoms with van der Waals surface area (Å²) in [5.41, 5.74) is 4.56. The Morgan fingerprint density at radius 1 is 1.14 bits per heavy atom. The molecule has 3 aromatic rings. The number of fused-ring (bicyclic) bond motifs is 1. The zero-order valence-corrected chi connectivity index (χ0v) is 18.3. The lowest BCUT2D eigenvalue weighted by molar-refractivity contribution is 0.531. The third-order valence-corrected chi connectivity index (χ3v) is 6.96. The molecule has 0 spiro atoms. The predicted molar refractivity (Wildman–Crippen MR) is 122 cm³/mol. The van der Waals surface area contributed by atoms with Gasteiger partial charge in [0.1, 0.15) is 5.03 Å². The number of nitrogens with one attached hydrogen (secondary N) is 2. The van der Waals surface area contributed by atoms with Gasteiger partial charge in [0.15, 0.2) is 5.65 Å². The number of halogens is 1. The first-order valence-electron chi connectivity index (χ1n) is 10.4. The van der Waals surface area contributed by atoms with Gasteiger partial charge in [-0.25, -0.2) is 9.50 Å². The van der Waals surface area contributed by atoms with Crippen LogP contribution in [0.25, 0.3) is 5.65 Å². The maximum absolute atomic E-state index is 4.99. The number of hydrogen-bond donors (Lipinski definition) is 2. The number of thioether (sulfide) groups is 1. The van der Waals surface area contributed by atoms with Crippen LogP contribution in [0.1, 0.15) is 55.8 Å². The number of imidazole rings is 1. The van der Waals surface area contributed by atoms with Crippen LogP contribution in [-0.2, 0) is 0 Å². The molecule has 7 heteroatoms. The second-order valence-electron chi connectivity index (χ2n) is 7.93. The van der Waals surface area contributed by atoms with Crippen molar-refractivity contribution in [3.8, 4) is 0 Å². The van der Waals surface area contributed by atoms with Gasteiger partial charge in [-0.2, -0.15) is 5.10 Å². The minimum atomic E-state index is 0. The topological polar surface area (TPSA) is 54.2 Å². The highest BCUT2D eigenvalue weighted by Gasteiger charge is 2.28. The molecule has 5 nitrogen and oxygen atoms in total. The highest BCUT2D eigenvalue weighted by Crippen LogP contribution is 2.41. The maximum atomic E-state index is 4.99. The summed E-state index contributed by atoms with van der Waals surface area (Å²) in [5, 5.41) is 13.9. The van der Waals surface area contributed by atoms with Crippen LogP contribution >= 0.6 is 24.2 Å². The quantitative estimate of drug-likeness (QED) is 0.574. The summed E-state index contributed by atoms with van der Waals surface area (Å²) in [6, 6.07) is 13.0. The van der Waals surface area contributed by atoms with E-state index in [1.165, 1.54) is 36.9 Å². The fraction of sp³-hybridized carbons (Fsp3) is 0.455. The first kappa shape index (κ1) is 20.5. The van der Waals surface area contributed by atoms with E-state index in [4.69, 9.17) is 10.1 Å². The Morgan fingerprint density at radius 2 is 1.90 bits per heavy atom. The standard InChI is InChI=1S/C22H27N5S.ClH/c1-15(16-5-3-2-4-6-16)25-19-13-21(28-18-9-11-23-12-10-18)26-27-20(17-7-8-17)14-24-22(19)27;/h2-6,13-15,17-18,23,25H,7-12H2,1H3;1H/t15-;/m0./s1. The minimum Gasteiger partial charge on any atom is -0.375 e. The smallest absolute Gasteiger partial charge is 0.177 e. The van der Waals surface area contributed by atoms with E-state index in [9.17, 15) is 0 Å². The highest BCUT2D eigenvalue weighted by atomic mass is 35.5. The fourth-order valence-corrected chi connectivity index (χ4v) is 5.05. The molecule has 1 aromatic carbocycles. The summed E-state index contributed by atoms with van der Waals surface area (Å²) in [6.45, 7) is 4.42. The Hall–Kier alpha value is -1.76. The van der Waals surface area contributed by atoms with Crippen molar-refractivity contribution in [3.63, 3.8) is 0 Å². The van der Waals surface area contributed by atoms with Crippen LogP contribution in [0.15, 0.2) is 47.6 Å². The summed E-state index contributed by atoms with van der Waals surface area (Å²) in [5.74, 6) is 0.626. The summed E-state index contributed by atoms with van der Waals surface area (Å²) < 4.78 is 2.10. The van der Waals surface area contributed by atoms with Gasteiger partial charge >= 0.3 is 0 Å². The average Bonchev–Trinajstić information content (AvgIpc) is 3.48. The van der Waals surface area contributed by atoms with Crippen LogP contribution in [-0.4, -0.2) is 32.9 Å². The largest absolute Gasteiger partial charge is 0.375 e. The Labute approximate surface area is 182 Å². The molecule has 0 radical (unpaired) electrons. The van der Waals surface area contributed by atoms with Crippen molar-refractivity contribution < 1.29 is 0 Å². The molecule has 1 saturated carbocycles. The number of anilines is 1. The van der Waals surface area contributed by atoms with Gasteiger partial charge in [0.25, 0.3) is 0 Å². The van der Waals surface area contributed by atoms with Crippen LogP contribution < -0.4 is 10.6 Å². The molecule has 2 N–H and O–H groups in total. The highest BCUT2D eigenvalue weighted by molar-refractivity contribution is 7.99. The molecule has 154 valence electrons. The molecule has 29 heavy (non-hydrogen) atoms. The van der Waals surface area contributed by atoms with Gasteiger partial charge in [-0.05, 0) is 57.3 Å². The van der Waals surface area contributed by atoms with Crippen LogP contribution in [0.4, 0.5) is 5.69 Å². The predicted octanol–water partition coefficient (Wildman–Crippen LogP) is 5.05. The van der Waals surface area contributed by atoms with Gasteiger partial charge in [0.2, 0.25) is 0 Å². The number of benzene rings is 1. The first-order valence-corrected chi connectivity index (χ1v) is 11.2. The molecule has 1 aliphatic heterocycles. The Balaban J connectivity index is 0.00000205. The van der Waals surface area contributed by atoms with E-state index >= 15 is 0 Å². The molecule has 5 rings (SSSR count). The number of aromatic nitrogens is 3.